The summed E-state index contributed by atoms with van der Waals surface area (Å²) >= 11 is 0. The molecule has 0 N–H and O–H groups in total. The normalized spacial score (nSPS) is 11.8. The van der Waals surface area contributed by atoms with Gasteiger partial charge in [0.05, 0.1) is 18.8 Å². The minimum atomic E-state index is -3.21. The predicted molar refractivity (Wildman–Crippen MR) is 62.6 cm³/mol. The van der Waals surface area contributed by atoms with Gasteiger partial charge in [0.2, 0.25) is 10.0 Å². The van der Waals surface area contributed by atoms with E-state index in [0.717, 1.165) is 6.42 Å². The van der Waals surface area contributed by atoms with Crippen LogP contribution in [0.4, 0.5) is 0 Å². The van der Waals surface area contributed by atoms with Crippen molar-refractivity contribution < 1.29 is 17.9 Å². The van der Waals surface area contributed by atoms with Crippen molar-refractivity contribution in [1.29, 1.82) is 0 Å². The summed E-state index contributed by atoms with van der Waals surface area (Å²) in [5.74, 6) is -0.219. The van der Waals surface area contributed by atoms with Gasteiger partial charge in [0.25, 0.3) is 0 Å². The van der Waals surface area contributed by atoms with E-state index in [1.165, 1.54) is 11.4 Å². The molecular weight excluding hydrogens is 230 g/mol. The van der Waals surface area contributed by atoms with Crippen LogP contribution in [-0.2, 0) is 19.6 Å². The Balaban J connectivity index is 4.04. The fourth-order valence-electron chi connectivity index (χ4n) is 1.10. The van der Waals surface area contributed by atoms with Crippen LogP contribution < -0.4 is 0 Å². The molecule has 0 saturated carbocycles. The molecule has 5 nitrogen and oxygen atoms in total. The average Bonchev–Trinajstić information content (AvgIpc) is 2.23. The van der Waals surface area contributed by atoms with Gasteiger partial charge in [0.15, 0.2) is 0 Å². The molecule has 0 aromatic rings. The lowest BCUT2D eigenvalue weighted by atomic mass is 10.4. The minimum Gasteiger partial charge on any atom is -0.466 e. The van der Waals surface area contributed by atoms with Crippen LogP contribution in [0.25, 0.3) is 0 Å². The van der Waals surface area contributed by atoms with Crippen LogP contribution in [-0.4, -0.2) is 44.6 Å². The Labute approximate surface area is 97.8 Å². The summed E-state index contributed by atoms with van der Waals surface area (Å²) in [4.78, 5) is 11.0. The number of unbranched alkanes of at least 4 members (excludes halogenated alkanes) is 1. The van der Waals surface area contributed by atoms with Crippen LogP contribution in [0, 0.1) is 0 Å². The van der Waals surface area contributed by atoms with Crippen LogP contribution in [0.2, 0.25) is 0 Å². The second kappa shape index (κ2) is 7.62. The van der Waals surface area contributed by atoms with Gasteiger partial charge in [-0.1, -0.05) is 13.3 Å². The van der Waals surface area contributed by atoms with Gasteiger partial charge < -0.3 is 4.74 Å². The molecule has 0 aliphatic heterocycles. The summed E-state index contributed by atoms with van der Waals surface area (Å²) in [6.45, 7) is 4.17. The molecule has 0 saturated heterocycles. The van der Waals surface area contributed by atoms with Crippen molar-refractivity contribution in [1.82, 2.24) is 4.31 Å². The van der Waals surface area contributed by atoms with Crippen LogP contribution in [0.5, 0.6) is 0 Å². The molecule has 0 rings (SSSR count). The summed E-state index contributed by atoms with van der Waals surface area (Å²) in [5, 5.41) is 0. The number of hydrogen-bond acceptors (Lipinski definition) is 4. The summed E-state index contributed by atoms with van der Waals surface area (Å²) in [5.41, 5.74) is 0. The maximum absolute atomic E-state index is 11.6. The zero-order valence-electron chi connectivity index (χ0n) is 10.2. The van der Waals surface area contributed by atoms with E-state index in [2.05, 4.69) is 0 Å². The second-order valence-electron chi connectivity index (χ2n) is 3.55. The molecule has 0 heterocycles. The number of nitrogens with zero attached hydrogens (tertiary/aromatic N) is 1. The number of ether oxygens (including phenoxy) is 1. The number of hydrogen-bond donors (Lipinski definition) is 0. The average molecular weight is 251 g/mol. The van der Waals surface area contributed by atoms with Crippen LogP contribution >= 0.6 is 0 Å². The SMILES string of the molecule is CCCCS(=O)(=O)N(C)CCC(=O)OCC. The molecule has 0 fully saturated rings. The van der Waals surface area contributed by atoms with Crippen molar-refractivity contribution in [3.8, 4) is 0 Å². The Morgan fingerprint density at radius 1 is 1.31 bits per heavy atom. The van der Waals surface area contributed by atoms with Crippen LogP contribution in [0.1, 0.15) is 33.1 Å². The molecule has 16 heavy (non-hydrogen) atoms. The predicted octanol–water partition coefficient (Wildman–Crippen LogP) is 1.00. The number of carbonyl (C=O) groups is 1. The Bertz CT molecular complexity index is 300. The van der Waals surface area contributed by atoms with Gasteiger partial charge in [0, 0.05) is 13.6 Å². The maximum Gasteiger partial charge on any atom is 0.307 e. The molecule has 0 aromatic heterocycles. The first-order valence-corrected chi connectivity index (χ1v) is 7.14. The summed E-state index contributed by atoms with van der Waals surface area (Å²) in [6, 6.07) is 0. The van der Waals surface area contributed by atoms with E-state index < -0.39 is 10.0 Å². The lowest BCUT2D eigenvalue weighted by Crippen LogP contribution is -2.31. The molecule has 6 heteroatoms. The van der Waals surface area contributed by atoms with Crippen molar-refractivity contribution in [2.75, 3.05) is 26.0 Å². The summed E-state index contributed by atoms with van der Waals surface area (Å²) in [6.07, 6.45) is 1.59. The van der Waals surface area contributed by atoms with E-state index in [1.54, 1.807) is 6.92 Å². The third-order valence-electron chi connectivity index (χ3n) is 2.17. The van der Waals surface area contributed by atoms with Gasteiger partial charge in [-0.25, -0.2) is 12.7 Å². The molecule has 0 aromatic carbocycles. The first kappa shape index (κ1) is 15.4. The summed E-state index contributed by atoms with van der Waals surface area (Å²) in [7, 11) is -1.72. The molecule has 0 unspecified atom stereocenters. The molecule has 0 radical (unpaired) electrons. The van der Waals surface area contributed by atoms with Gasteiger partial charge in [-0.05, 0) is 13.3 Å². The van der Waals surface area contributed by atoms with Crippen LogP contribution in [0.3, 0.4) is 0 Å². The van der Waals surface area contributed by atoms with Crippen molar-refractivity contribution in [3.63, 3.8) is 0 Å². The van der Waals surface area contributed by atoms with Crippen molar-refractivity contribution in [3.05, 3.63) is 0 Å². The highest BCUT2D eigenvalue weighted by Gasteiger charge is 2.17. The Hall–Kier alpha value is -0.620. The molecular formula is C10H21NO4S. The topological polar surface area (TPSA) is 63.7 Å². The highest BCUT2D eigenvalue weighted by atomic mass is 32.2. The standard InChI is InChI=1S/C10H21NO4S/c1-4-6-9-16(13,14)11(3)8-7-10(12)15-5-2/h4-9H2,1-3H3. The van der Waals surface area contributed by atoms with E-state index in [1.807, 2.05) is 6.92 Å². The van der Waals surface area contributed by atoms with Gasteiger partial charge in [-0.2, -0.15) is 0 Å². The van der Waals surface area contributed by atoms with Crippen molar-refractivity contribution >= 4 is 16.0 Å². The van der Waals surface area contributed by atoms with E-state index in [0.29, 0.717) is 13.0 Å². The highest BCUT2D eigenvalue weighted by molar-refractivity contribution is 7.89. The lowest BCUT2D eigenvalue weighted by molar-refractivity contribution is -0.143. The quantitative estimate of drug-likeness (QED) is 0.604. The van der Waals surface area contributed by atoms with Gasteiger partial charge in [-0.3, -0.25) is 4.79 Å². The molecule has 0 spiro atoms. The Kier molecular flexibility index (Phi) is 7.33. The van der Waals surface area contributed by atoms with Crippen LogP contribution in [0.15, 0.2) is 0 Å². The lowest BCUT2D eigenvalue weighted by Gasteiger charge is -2.16. The largest absolute Gasteiger partial charge is 0.466 e. The van der Waals surface area contributed by atoms with E-state index >= 15 is 0 Å². The van der Waals surface area contributed by atoms with Crippen molar-refractivity contribution in [2.24, 2.45) is 0 Å². The summed E-state index contributed by atoms with van der Waals surface area (Å²) < 4.78 is 29.2. The smallest absolute Gasteiger partial charge is 0.307 e. The first-order chi connectivity index (χ1) is 7.44. The molecule has 0 aliphatic carbocycles. The number of sulfonamides is 1. The molecule has 0 aliphatic rings. The molecule has 0 amide bonds. The number of carbonyl (C=O) groups excluding carboxylic acids is 1. The fraction of sp³-hybridized carbons (Fsp3) is 0.900. The monoisotopic (exact) mass is 251 g/mol. The number of rotatable bonds is 8. The molecule has 0 bridgehead atoms. The maximum atomic E-state index is 11.6. The van der Waals surface area contributed by atoms with E-state index in [4.69, 9.17) is 4.74 Å². The molecule has 0 atom stereocenters. The number of esters is 1. The zero-order chi connectivity index (χ0) is 12.6. The third-order valence-corrected chi connectivity index (χ3v) is 4.10. The Morgan fingerprint density at radius 3 is 2.44 bits per heavy atom. The first-order valence-electron chi connectivity index (χ1n) is 5.53. The third kappa shape index (κ3) is 6.07. The fourth-order valence-corrected chi connectivity index (χ4v) is 2.44. The minimum absolute atomic E-state index is 0.107. The molecule has 96 valence electrons. The van der Waals surface area contributed by atoms with Gasteiger partial charge >= 0.3 is 5.97 Å². The zero-order valence-corrected chi connectivity index (χ0v) is 11.0. The van der Waals surface area contributed by atoms with Crippen molar-refractivity contribution in [2.45, 2.75) is 33.1 Å². The van der Waals surface area contributed by atoms with Gasteiger partial charge in [0.1, 0.15) is 0 Å². The Morgan fingerprint density at radius 2 is 1.94 bits per heavy atom. The van der Waals surface area contributed by atoms with Gasteiger partial charge in [-0.15, -0.1) is 0 Å². The van der Waals surface area contributed by atoms with E-state index in [-0.39, 0.29) is 24.7 Å². The highest BCUT2D eigenvalue weighted by Crippen LogP contribution is 2.03. The van der Waals surface area contributed by atoms with E-state index in [9.17, 15) is 13.2 Å². The second-order valence-corrected chi connectivity index (χ2v) is 5.74.